The van der Waals surface area contributed by atoms with Crippen LogP contribution in [0.15, 0.2) is 43.0 Å². The molecule has 0 radical (unpaired) electrons. The number of nitrogens with zero attached hydrogens (tertiary/aromatic N) is 1. The monoisotopic (exact) mass is 276 g/mol. The van der Waals surface area contributed by atoms with Crippen LogP contribution in [0.1, 0.15) is 12.0 Å². The summed E-state index contributed by atoms with van der Waals surface area (Å²) < 4.78 is 0. The van der Waals surface area contributed by atoms with Gasteiger partial charge >= 0.3 is 5.97 Å². The zero-order valence-electron chi connectivity index (χ0n) is 11.4. The molecule has 1 aromatic carbocycles. The van der Waals surface area contributed by atoms with Crippen molar-refractivity contribution in [1.29, 1.82) is 0 Å². The van der Waals surface area contributed by atoms with E-state index in [9.17, 15) is 9.59 Å². The first-order valence-corrected chi connectivity index (χ1v) is 6.47. The van der Waals surface area contributed by atoms with Crippen LogP contribution in [0.25, 0.3) is 0 Å². The summed E-state index contributed by atoms with van der Waals surface area (Å²) in [7, 11) is 0. The Morgan fingerprint density at radius 2 is 2.00 bits per heavy atom. The number of aliphatic carboxylic acids is 1. The highest BCUT2D eigenvalue weighted by molar-refractivity contribution is 5.78. The highest BCUT2D eigenvalue weighted by Crippen LogP contribution is 1.98. The average molecular weight is 276 g/mol. The van der Waals surface area contributed by atoms with Crippen LogP contribution in [0.3, 0.4) is 0 Å². The van der Waals surface area contributed by atoms with Gasteiger partial charge in [-0.1, -0.05) is 36.4 Å². The molecule has 0 aliphatic carbocycles. The third-order valence-electron chi connectivity index (χ3n) is 2.73. The van der Waals surface area contributed by atoms with Crippen molar-refractivity contribution in [1.82, 2.24) is 10.2 Å². The fourth-order valence-corrected chi connectivity index (χ4v) is 1.73. The molecule has 0 atom stereocenters. The minimum atomic E-state index is -0.872. The summed E-state index contributed by atoms with van der Waals surface area (Å²) in [4.78, 5) is 24.1. The van der Waals surface area contributed by atoms with Gasteiger partial charge in [-0.3, -0.25) is 14.5 Å². The van der Waals surface area contributed by atoms with E-state index in [4.69, 9.17) is 5.11 Å². The van der Waals surface area contributed by atoms with Crippen LogP contribution < -0.4 is 5.32 Å². The number of amides is 1. The fraction of sp³-hybridized carbons (Fsp3) is 0.333. The molecule has 1 amide bonds. The summed E-state index contributed by atoms with van der Waals surface area (Å²) in [6.07, 6.45) is 1.67. The third kappa shape index (κ3) is 6.70. The van der Waals surface area contributed by atoms with Crippen LogP contribution in [-0.4, -0.2) is 41.5 Å². The fourth-order valence-electron chi connectivity index (χ4n) is 1.73. The van der Waals surface area contributed by atoms with E-state index in [0.29, 0.717) is 19.6 Å². The number of carbonyl (C=O) groups excluding carboxylic acids is 1. The number of hydrogen-bond acceptors (Lipinski definition) is 3. The Morgan fingerprint density at radius 1 is 1.30 bits per heavy atom. The van der Waals surface area contributed by atoms with E-state index in [2.05, 4.69) is 11.9 Å². The topological polar surface area (TPSA) is 69.6 Å². The van der Waals surface area contributed by atoms with E-state index in [0.717, 1.165) is 5.56 Å². The molecule has 0 heterocycles. The lowest BCUT2D eigenvalue weighted by Crippen LogP contribution is -2.38. The highest BCUT2D eigenvalue weighted by atomic mass is 16.4. The molecule has 1 aromatic rings. The van der Waals surface area contributed by atoms with E-state index in [1.165, 1.54) is 0 Å². The number of rotatable bonds is 9. The molecule has 0 spiro atoms. The molecular formula is C15H20N2O3. The molecule has 0 aliphatic rings. The van der Waals surface area contributed by atoms with Crippen LogP contribution in [0.2, 0.25) is 0 Å². The SMILES string of the molecule is C=CCN(CCC(=O)O)CC(=O)NCc1ccccc1. The molecule has 0 aromatic heterocycles. The van der Waals surface area contributed by atoms with Gasteiger partial charge in [-0.2, -0.15) is 0 Å². The Labute approximate surface area is 118 Å². The van der Waals surface area contributed by atoms with Gasteiger partial charge in [-0.05, 0) is 5.56 Å². The predicted molar refractivity (Wildman–Crippen MR) is 77.2 cm³/mol. The van der Waals surface area contributed by atoms with E-state index in [1.54, 1.807) is 11.0 Å². The maximum absolute atomic E-state index is 11.8. The maximum Gasteiger partial charge on any atom is 0.304 e. The second-order valence-electron chi connectivity index (χ2n) is 4.43. The number of carboxylic acids is 1. The molecule has 108 valence electrons. The van der Waals surface area contributed by atoms with Crippen molar-refractivity contribution >= 4 is 11.9 Å². The highest BCUT2D eigenvalue weighted by Gasteiger charge is 2.10. The van der Waals surface area contributed by atoms with Crippen molar-refractivity contribution in [2.45, 2.75) is 13.0 Å². The van der Waals surface area contributed by atoms with Crippen LogP contribution >= 0.6 is 0 Å². The smallest absolute Gasteiger partial charge is 0.304 e. The molecule has 0 bridgehead atoms. The second kappa shape index (κ2) is 8.87. The first kappa shape index (κ1) is 15.9. The molecule has 5 heteroatoms. The molecule has 0 fully saturated rings. The minimum Gasteiger partial charge on any atom is -0.481 e. The van der Waals surface area contributed by atoms with Crippen molar-refractivity contribution in [2.24, 2.45) is 0 Å². The van der Waals surface area contributed by atoms with E-state index in [1.807, 2.05) is 30.3 Å². The molecular weight excluding hydrogens is 256 g/mol. The summed E-state index contributed by atoms with van der Waals surface area (Å²) in [5, 5.41) is 11.5. The minimum absolute atomic E-state index is 0.0137. The lowest BCUT2D eigenvalue weighted by Gasteiger charge is -2.19. The normalized spacial score (nSPS) is 10.2. The lowest BCUT2D eigenvalue weighted by molar-refractivity contribution is -0.137. The van der Waals surface area contributed by atoms with Crippen molar-refractivity contribution in [2.75, 3.05) is 19.6 Å². The van der Waals surface area contributed by atoms with Crippen LogP contribution in [-0.2, 0) is 16.1 Å². The zero-order chi connectivity index (χ0) is 14.8. The number of benzene rings is 1. The summed E-state index contributed by atoms with van der Waals surface area (Å²) in [5.41, 5.74) is 1.03. The van der Waals surface area contributed by atoms with Crippen molar-refractivity contribution in [3.8, 4) is 0 Å². The van der Waals surface area contributed by atoms with E-state index < -0.39 is 5.97 Å². The zero-order valence-corrected chi connectivity index (χ0v) is 11.4. The molecule has 1 rings (SSSR count). The molecule has 0 aliphatic heterocycles. The van der Waals surface area contributed by atoms with Crippen LogP contribution in [0.5, 0.6) is 0 Å². The Hall–Kier alpha value is -2.14. The van der Waals surface area contributed by atoms with Gasteiger partial charge in [0, 0.05) is 19.6 Å². The lowest BCUT2D eigenvalue weighted by atomic mass is 10.2. The Bertz CT molecular complexity index is 446. The van der Waals surface area contributed by atoms with Gasteiger partial charge in [0.25, 0.3) is 0 Å². The van der Waals surface area contributed by atoms with Crippen molar-refractivity contribution in [3.05, 3.63) is 48.6 Å². The molecule has 2 N–H and O–H groups in total. The quantitative estimate of drug-likeness (QED) is 0.666. The van der Waals surface area contributed by atoms with E-state index in [-0.39, 0.29) is 18.9 Å². The van der Waals surface area contributed by atoms with Gasteiger partial charge in [0.2, 0.25) is 5.91 Å². The second-order valence-corrected chi connectivity index (χ2v) is 4.43. The van der Waals surface area contributed by atoms with Crippen LogP contribution in [0.4, 0.5) is 0 Å². The first-order chi connectivity index (χ1) is 9.61. The molecule has 5 nitrogen and oxygen atoms in total. The third-order valence-corrected chi connectivity index (χ3v) is 2.73. The van der Waals surface area contributed by atoms with Gasteiger partial charge in [-0.15, -0.1) is 6.58 Å². The Kier molecular flexibility index (Phi) is 7.06. The van der Waals surface area contributed by atoms with Gasteiger partial charge < -0.3 is 10.4 Å². The molecule has 0 saturated heterocycles. The largest absolute Gasteiger partial charge is 0.481 e. The molecule has 0 saturated carbocycles. The summed E-state index contributed by atoms with van der Waals surface area (Å²) in [6.45, 7) is 5.08. The van der Waals surface area contributed by atoms with Crippen LogP contribution in [0, 0.1) is 0 Å². The summed E-state index contributed by atoms with van der Waals surface area (Å²) >= 11 is 0. The van der Waals surface area contributed by atoms with Crippen molar-refractivity contribution < 1.29 is 14.7 Å². The van der Waals surface area contributed by atoms with Crippen molar-refractivity contribution in [3.63, 3.8) is 0 Å². The number of nitrogens with one attached hydrogen (secondary N) is 1. The predicted octanol–water partition coefficient (Wildman–Crippen LogP) is 1.27. The molecule has 0 unspecified atom stereocenters. The van der Waals surface area contributed by atoms with Gasteiger partial charge in [0.15, 0.2) is 0 Å². The number of carboxylic acid groups (broad SMARTS) is 1. The first-order valence-electron chi connectivity index (χ1n) is 6.47. The number of carbonyl (C=O) groups is 2. The summed E-state index contributed by atoms with van der Waals surface area (Å²) in [5.74, 6) is -0.996. The van der Waals surface area contributed by atoms with Gasteiger partial charge in [-0.25, -0.2) is 0 Å². The average Bonchev–Trinajstić information content (AvgIpc) is 2.44. The van der Waals surface area contributed by atoms with Gasteiger partial charge in [0.1, 0.15) is 0 Å². The van der Waals surface area contributed by atoms with E-state index >= 15 is 0 Å². The summed E-state index contributed by atoms with van der Waals surface area (Å²) in [6, 6.07) is 9.62. The molecule has 20 heavy (non-hydrogen) atoms. The maximum atomic E-state index is 11.8. The Morgan fingerprint density at radius 3 is 2.60 bits per heavy atom. The van der Waals surface area contributed by atoms with Gasteiger partial charge in [0.05, 0.1) is 13.0 Å². The Balaban J connectivity index is 2.37. The standard InChI is InChI=1S/C15H20N2O3/c1-2-9-17(10-8-15(19)20)12-14(18)16-11-13-6-4-3-5-7-13/h2-7H,1,8-12H2,(H,16,18)(H,19,20). The number of hydrogen-bond donors (Lipinski definition) is 2.